The third kappa shape index (κ3) is 2.69. The van der Waals surface area contributed by atoms with E-state index in [0.29, 0.717) is 0 Å². The van der Waals surface area contributed by atoms with Crippen LogP contribution in [-0.2, 0) is 13.0 Å². The van der Waals surface area contributed by atoms with Crippen LogP contribution in [0.25, 0.3) is 10.9 Å². The van der Waals surface area contributed by atoms with Gasteiger partial charge in [0.1, 0.15) is 0 Å². The predicted molar refractivity (Wildman–Crippen MR) is 81.5 cm³/mol. The Morgan fingerprint density at radius 3 is 2.84 bits per heavy atom. The molecule has 0 amide bonds. The van der Waals surface area contributed by atoms with Crippen molar-refractivity contribution in [2.45, 2.75) is 38.6 Å². The van der Waals surface area contributed by atoms with Crippen LogP contribution >= 0.6 is 0 Å². The second-order valence-electron chi connectivity index (χ2n) is 5.83. The van der Waals surface area contributed by atoms with Crippen LogP contribution in [0.1, 0.15) is 31.2 Å². The van der Waals surface area contributed by atoms with Crippen molar-refractivity contribution >= 4 is 10.9 Å². The zero-order chi connectivity index (χ0) is 13.1. The van der Waals surface area contributed by atoms with Crippen LogP contribution in [0.4, 0.5) is 0 Å². The van der Waals surface area contributed by atoms with E-state index in [9.17, 15) is 0 Å². The Hall–Kier alpha value is -1.28. The number of nitrogens with zero attached hydrogens (tertiary/aromatic N) is 1. The Balaban J connectivity index is 1.84. The molecule has 0 radical (unpaired) electrons. The fraction of sp³-hybridized carbons (Fsp3) is 0.529. The highest BCUT2D eigenvalue weighted by atomic mass is 15.0. The number of aromatic nitrogens is 1. The van der Waals surface area contributed by atoms with Crippen molar-refractivity contribution in [3.63, 3.8) is 0 Å². The van der Waals surface area contributed by atoms with Gasteiger partial charge in [0.2, 0.25) is 0 Å². The minimum absolute atomic E-state index is 0.918. The summed E-state index contributed by atoms with van der Waals surface area (Å²) >= 11 is 0. The standard InChI is InChI=1S/C17H24N2/c1-18-11-5-8-15-13-19(12-14-6-4-7-14)17-10-3-2-9-16(15)17/h2-3,9-10,13-14,18H,4-8,11-12H2,1H3. The lowest BCUT2D eigenvalue weighted by atomic mass is 9.85. The van der Waals surface area contributed by atoms with Crippen LogP contribution in [-0.4, -0.2) is 18.2 Å². The van der Waals surface area contributed by atoms with Crippen molar-refractivity contribution < 1.29 is 0 Å². The van der Waals surface area contributed by atoms with Gasteiger partial charge in [-0.1, -0.05) is 24.6 Å². The summed E-state index contributed by atoms with van der Waals surface area (Å²) in [6, 6.07) is 8.88. The molecule has 2 nitrogen and oxygen atoms in total. The first-order valence-electron chi connectivity index (χ1n) is 7.60. The monoisotopic (exact) mass is 256 g/mol. The molecule has 1 aromatic carbocycles. The lowest BCUT2D eigenvalue weighted by molar-refractivity contribution is 0.279. The molecule has 19 heavy (non-hydrogen) atoms. The highest BCUT2D eigenvalue weighted by Gasteiger charge is 2.19. The van der Waals surface area contributed by atoms with E-state index in [0.717, 1.165) is 12.5 Å². The number of fused-ring (bicyclic) bond motifs is 1. The third-order valence-electron chi connectivity index (χ3n) is 4.42. The summed E-state index contributed by atoms with van der Waals surface area (Å²) in [4.78, 5) is 0. The van der Waals surface area contributed by atoms with Crippen LogP contribution in [0, 0.1) is 5.92 Å². The molecule has 3 rings (SSSR count). The molecule has 0 aliphatic heterocycles. The molecule has 1 heterocycles. The average Bonchev–Trinajstić information content (AvgIpc) is 2.73. The Bertz CT molecular complexity index is 537. The molecule has 1 N–H and O–H groups in total. The summed E-state index contributed by atoms with van der Waals surface area (Å²) < 4.78 is 2.49. The highest BCUT2D eigenvalue weighted by molar-refractivity contribution is 5.84. The first-order valence-corrected chi connectivity index (χ1v) is 7.60. The van der Waals surface area contributed by atoms with Crippen LogP contribution in [0.5, 0.6) is 0 Å². The van der Waals surface area contributed by atoms with Crippen molar-refractivity contribution in [1.82, 2.24) is 9.88 Å². The van der Waals surface area contributed by atoms with Crippen molar-refractivity contribution in [2.24, 2.45) is 5.92 Å². The number of benzene rings is 1. The van der Waals surface area contributed by atoms with E-state index in [2.05, 4.69) is 40.3 Å². The molecule has 0 spiro atoms. The Morgan fingerprint density at radius 1 is 1.26 bits per heavy atom. The molecule has 0 saturated heterocycles. The van der Waals surface area contributed by atoms with Gasteiger partial charge in [-0.15, -0.1) is 0 Å². The molecule has 2 heteroatoms. The van der Waals surface area contributed by atoms with Crippen LogP contribution in [0.15, 0.2) is 30.5 Å². The normalized spacial score (nSPS) is 15.8. The fourth-order valence-corrected chi connectivity index (χ4v) is 3.08. The van der Waals surface area contributed by atoms with Gasteiger partial charge in [-0.05, 0) is 56.8 Å². The summed E-state index contributed by atoms with van der Waals surface area (Å²) in [5.41, 5.74) is 2.94. The number of hydrogen-bond acceptors (Lipinski definition) is 1. The fourth-order valence-electron chi connectivity index (χ4n) is 3.08. The van der Waals surface area contributed by atoms with Crippen molar-refractivity contribution in [1.29, 1.82) is 0 Å². The van der Waals surface area contributed by atoms with Crippen LogP contribution in [0.3, 0.4) is 0 Å². The second kappa shape index (κ2) is 5.79. The van der Waals surface area contributed by atoms with E-state index in [4.69, 9.17) is 0 Å². The van der Waals surface area contributed by atoms with Gasteiger partial charge in [-0.3, -0.25) is 0 Å². The first-order chi connectivity index (χ1) is 9.38. The van der Waals surface area contributed by atoms with E-state index >= 15 is 0 Å². The summed E-state index contributed by atoms with van der Waals surface area (Å²) in [6.07, 6.45) is 9.06. The molecule has 0 bridgehead atoms. The first kappa shape index (κ1) is 12.7. The minimum Gasteiger partial charge on any atom is -0.347 e. The molecular formula is C17H24N2. The lowest BCUT2D eigenvalue weighted by Gasteiger charge is -2.26. The van der Waals surface area contributed by atoms with Gasteiger partial charge in [0.05, 0.1) is 0 Å². The van der Waals surface area contributed by atoms with Gasteiger partial charge in [-0.25, -0.2) is 0 Å². The number of rotatable bonds is 6. The second-order valence-corrected chi connectivity index (χ2v) is 5.83. The molecule has 1 aromatic heterocycles. The lowest BCUT2D eigenvalue weighted by Crippen LogP contribution is -2.17. The molecule has 1 aliphatic carbocycles. The van der Waals surface area contributed by atoms with Crippen LogP contribution < -0.4 is 5.32 Å². The largest absolute Gasteiger partial charge is 0.347 e. The highest BCUT2D eigenvalue weighted by Crippen LogP contribution is 2.30. The van der Waals surface area contributed by atoms with Crippen molar-refractivity contribution in [2.75, 3.05) is 13.6 Å². The SMILES string of the molecule is CNCCCc1cn(CC2CCC2)c2ccccc12. The van der Waals surface area contributed by atoms with Gasteiger partial charge in [0.15, 0.2) is 0 Å². The molecule has 2 aromatic rings. The van der Waals surface area contributed by atoms with E-state index in [-0.39, 0.29) is 0 Å². The van der Waals surface area contributed by atoms with Crippen molar-refractivity contribution in [3.05, 3.63) is 36.0 Å². The smallest absolute Gasteiger partial charge is 0.0483 e. The molecule has 0 unspecified atom stereocenters. The summed E-state index contributed by atoms with van der Waals surface area (Å²) in [7, 11) is 2.03. The Morgan fingerprint density at radius 2 is 2.11 bits per heavy atom. The predicted octanol–water partition coefficient (Wildman–Crippen LogP) is 3.59. The number of para-hydroxylation sites is 1. The van der Waals surface area contributed by atoms with Gasteiger partial charge in [0.25, 0.3) is 0 Å². The van der Waals surface area contributed by atoms with Gasteiger partial charge >= 0.3 is 0 Å². The maximum Gasteiger partial charge on any atom is 0.0483 e. The van der Waals surface area contributed by atoms with E-state index in [1.165, 1.54) is 55.1 Å². The maximum absolute atomic E-state index is 3.24. The quantitative estimate of drug-likeness (QED) is 0.782. The van der Waals surface area contributed by atoms with E-state index in [1.54, 1.807) is 0 Å². The maximum atomic E-state index is 3.24. The number of nitrogens with one attached hydrogen (secondary N) is 1. The van der Waals surface area contributed by atoms with Gasteiger partial charge in [0, 0.05) is 23.6 Å². The number of aryl methyl sites for hydroxylation is 1. The summed E-state index contributed by atoms with van der Waals surface area (Å²) in [5.74, 6) is 0.918. The summed E-state index contributed by atoms with van der Waals surface area (Å²) in [5, 5.41) is 4.69. The topological polar surface area (TPSA) is 17.0 Å². The zero-order valence-electron chi connectivity index (χ0n) is 11.9. The molecule has 1 fully saturated rings. The third-order valence-corrected chi connectivity index (χ3v) is 4.42. The Labute approximate surface area is 115 Å². The Kier molecular flexibility index (Phi) is 3.88. The zero-order valence-corrected chi connectivity index (χ0v) is 11.9. The molecule has 0 atom stereocenters. The van der Waals surface area contributed by atoms with Gasteiger partial charge < -0.3 is 9.88 Å². The molecule has 102 valence electrons. The minimum atomic E-state index is 0.918. The van der Waals surface area contributed by atoms with E-state index in [1.807, 2.05) is 7.05 Å². The van der Waals surface area contributed by atoms with Crippen LogP contribution in [0.2, 0.25) is 0 Å². The van der Waals surface area contributed by atoms with E-state index < -0.39 is 0 Å². The molecule has 1 saturated carbocycles. The average molecular weight is 256 g/mol. The van der Waals surface area contributed by atoms with Crippen molar-refractivity contribution in [3.8, 4) is 0 Å². The number of hydrogen-bond donors (Lipinski definition) is 1. The molecular weight excluding hydrogens is 232 g/mol. The summed E-state index contributed by atoms with van der Waals surface area (Å²) in [6.45, 7) is 2.31. The molecule has 1 aliphatic rings. The van der Waals surface area contributed by atoms with Gasteiger partial charge in [-0.2, -0.15) is 0 Å².